The molecule has 0 spiro atoms. The Balaban J connectivity index is 2.18. The first-order valence-corrected chi connectivity index (χ1v) is 11.0. The third-order valence-electron chi connectivity index (χ3n) is 5.39. The smallest absolute Gasteiger partial charge is 0.295 e. The van der Waals surface area contributed by atoms with Crippen LogP contribution in [0, 0.1) is 0 Å². The second-order valence-corrected chi connectivity index (χ2v) is 8.68. The minimum Gasteiger partial charge on any atom is -0.507 e. The van der Waals surface area contributed by atoms with E-state index in [0.717, 1.165) is 11.0 Å². The summed E-state index contributed by atoms with van der Waals surface area (Å²) in [5, 5.41) is 11.1. The summed E-state index contributed by atoms with van der Waals surface area (Å²) in [5.74, 6) is -0.524. The van der Waals surface area contributed by atoms with Crippen LogP contribution in [0.3, 0.4) is 0 Å². The van der Waals surface area contributed by atoms with Gasteiger partial charge in [-0.3, -0.25) is 9.59 Å². The third kappa shape index (κ3) is 4.81. The van der Waals surface area contributed by atoms with Gasteiger partial charge in [0.2, 0.25) is 0 Å². The van der Waals surface area contributed by atoms with Crippen molar-refractivity contribution in [3.8, 4) is 11.5 Å². The van der Waals surface area contributed by atoms with Crippen molar-refractivity contribution < 1.29 is 24.2 Å². The molecule has 0 aromatic heterocycles. The molecule has 7 nitrogen and oxygen atoms in total. The highest BCUT2D eigenvalue weighted by Crippen LogP contribution is 2.44. The Labute approximate surface area is 196 Å². The largest absolute Gasteiger partial charge is 0.507 e. The molecule has 1 heterocycles. The van der Waals surface area contributed by atoms with Crippen LogP contribution < -0.4 is 9.47 Å². The van der Waals surface area contributed by atoms with Crippen LogP contribution in [-0.4, -0.2) is 68.0 Å². The van der Waals surface area contributed by atoms with E-state index in [2.05, 4.69) is 15.9 Å². The summed E-state index contributed by atoms with van der Waals surface area (Å²) in [4.78, 5) is 29.7. The summed E-state index contributed by atoms with van der Waals surface area (Å²) in [6.07, 6.45) is 0.668. The molecule has 8 heteroatoms. The van der Waals surface area contributed by atoms with Crippen LogP contribution in [0.15, 0.2) is 52.5 Å². The number of benzene rings is 2. The number of carbonyl (C=O) groups excluding carboxylic acids is 2. The Morgan fingerprint density at radius 1 is 1.09 bits per heavy atom. The minimum absolute atomic E-state index is 0.0359. The van der Waals surface area contributed by atoms with Crippen LogP contribution in [0.4, 0.5) is 0 Å². The first-order valence-electron chi connectivity index (χ1n) is 10.2. The number of likely N-dealkylation sites (tertiary alicyclic amines) is 1. The van der Waals surface area contributed by atoms with E-state index in [4.69, 9.17) is 9.47 Å². The highest BCUT2D eigenvalue weighted by molar-refractivity contribution is 9.10. The monoisotopic (exact) mass is 502 g/mol. The lowest BCUT2D eigenvalue weighted by atomic mass is 9.94. The molecule has 1 aliphatic heterocycles. The van der Waals surface area contributed by atoms with E-state index < -0.39 is 17.7 Å². The number of amides is 1. The van der Waals surface area contributed by atoms with E-state index >= 15 is 0 Å². The van der Waals surface area contributed by atoms with Crippen molar-refractivity contribution in [1.29, 1.82) is 0 Å². The molecular weight excluding hydrogens is 476 g/mol. The van der Waals surface area contributed by atoms with Crippen LogP contribution in [0.2, 0.25) is 0 Å². The Bertz CT molecular complexity index is 1030. The number of aliphatic hydroxyl groups excluding tert-OH is 1. The fourth-order valence-corrected chi connectivity index (χ4v) is 4.07. The normalized spacial score (nSPS) is 17.8. The van der Waals surface area contributed by atoms with Gasteiger partial charge in [-0.05, 0) is 57.4 Å². The molecule has 0 bridgehead atoms. The quantitative estimate of drug-likeness (QED) is 0.335. The number of hydrogen-bond donors (Lipinski definition) is 1. The van der Waals surface area contributed by atoms with E-state index in [-0.39, 0.29) is 11.3 Å². The molecule has 1 aliphatic rings. The molecule has 2 aromatic carbocycles. The molecule has 0 aliphatic carbocycles. The van der Waals surface area contributed by atoms with Crippen LogP contribution in [-0.2, 0) is 9.59 Å². The van der Waals surface area contributed by atoms with Gasteiger partial charge in [0.05, 0.1) is 25.8 Å². The molecule has 1 N–H and O–H groups in total. The van der Waals surface area contributed by atoms with Gasteiger partial charge in [0, 0.05) is 22.1 Å². The average Bonchev–Trinajstić information content (AvgIpc) is 3.03. The lowest BCUT2D eigenvalue weighted by Gasteiger charge is -2.27. The molecule has 0 radical (unpaired) electrons. The number of rotatable bonds is 8. The van der Waals surface area contributed by atoms with Gasteiger partial charge in [-0.15, -0.1) is 0 Å². The third-order valence-corrected chi connectivity index (χ3v) is 5.92. The maximum Gasteiger partial charge on any atom is 0.295 e. The summed E-state index contributed by atoms with van der Waals surface area (Å²) in [6, 6.07) is 11.3. The fourth-order valence-electron chi connectivity index (χ4n) is 3.81. The predicted octanol–water partition coefficient (Wildman–Crippen LogP) is 3.84. The number of ether oxygens (including phenoxy) is 2. The second-order valence-electron chi connectivity index (χ2n) is 7.76. The topological polar surface area (TPSA) is 79.3 Å². The van der Waals surface area contributed by atoms with Crippen LogP contribution >= 0.6 is 15.9 Å². The van der Waals surface area contributed by atoms with Crippen molar-refractivity contribution in [2.75, 3.05) is 41.4 Å². The van der Waals surface area contributed by atoms with Gasteiger partial charge < -0.3 is 24.4 Å². The van der Waals surface area contributed by atoms with Crippen molar-refractivity contribution in [2.45, 2.75) is 12.5 Å². The molecule has 1 atom stereocenters. The average molecular weight is 503 g/mol. The first-order chi connectivity index (χ1) is 15.3. The Morgan fingerprint density at radius 2 is 1.78 bits per heavy atom. The fraction of sp³-hybridized carbons (Fsp3) is 0.333. The number of nitrogens with zero attached hydrogens (tertiary/aromatic N) is 2. The molecule has 1 fully saturated rings. The van der Waals surface area contributed by atoms with Gasteiger partial charge in [0.1, 0.15) is 17.3 Å². The SMILES string of the molecule is COc1ccc(OC)c([C@@H]2/C(=C(\O)c3ccc(Br)cc3)C(=O)C(=O)N2CCCN(C)C)c1. The zero-order valence-electron chi connectivity index (χ0n) is 18.6. The number of Topliss-reactive ketones (excluding diaryl/α,β-unsaturated/α-hetero) is 1. The summed E-state index contributed by atoms with van der Waals surface area (Å²) in [5.41, 5.74) is 1.06. The highest BCUT2D eigenvalue weighted by atomic mass is 79.9. The summed E-state index contributed by atoms with van der Waals surface area (Å²) in [6.45, 7) is 1.10. The van der Waals surface area contributed by atoms with Crippen molar-refractivity contribution in [1.82, 2.24) is 9.80 Å². The molecule has 170 valence electrons. The lowest BCUT2D eigenvalue weighted by molar-refractivity contribution is -0.140. The number of halogens is 1. The van der Waals surface area contributed by atoms with Gasteiger partial charge in [-0.25, -0.2) is 0 Å². The lowest BCUT2D eigenvalue weighted by Crippen LogP contribution is -2.32. The van der Waals surface area contributed by atoms with Gasteiger partial charge in [-0.2, -0.15) is 0 Å². The molecular formula is C24H27BrN2O5. The number of ketones is 1. The van der Waals surface area contributed by atoms with Gasteiger partial charge in [0.15, 0.2) is 0 Å². The minimum atomic E-state index is -0.800. The standard InChI is InChI=1S/C24H27BrN2O5/c1-26(2)12-5-13-27-21(18-14-17(31-3)10-11-19(18)32-4)20(23(29)24(27)30)22(28)15-6-8-16(25)9-7-15/h6-11,14,21,28H,5,12-13H2,1-4H3/b22-20+/t21-/m1/s1. The van der Waals surface area contributed by atoms with Crippen molar-refractivity contribution >= 4 is 33.4 Å². The maximum absolute atomic E-state index is 13.1. The van der Waals surface area contributed by atoms with E-state index in [0.29, 0.717) is 35.6 Å². The molecule has 32 heavy (non-hydrogen) atoms. The highest BCUT2D eigenvalue weighted by Gasteiger charge is 2.47. The zero-order valence-corrected chi connectivity index (χ0v) is 20.2. The van der Waals surface area contributed by atoms with E-state index in [9.17, 15) is 14.7 Å². The molecule has 1 saturated heterocycles. The first kappa shape index (κ1) is 23.8. The predicted molar refractivity (Wildman–Crippen MR) is 126 cm³/mol. The van der Waals surface area contributed by atoms with Crippen molar-refractivity contribution in [3.63, 3.8) is 0 Å². The van der Waals surface area contributed by atoms with E-state index in [1.165, 1.54) is 12.0 Å². The number of hydrogen-bond acceptors (Lipinski definition) is 6. The molecule has 2 aromatic rings. The van der Waals surface area contributed by atoms with Gasteiger partial charge in [-0.1, -0.05) is 28.1 Å². The Morgan fingerprint density at radius 3 is 2.38 bits per heavy atom. The molecule has 0 saturated carbocycles. The Hall–Kier alpha value is -2.84. The number of methoxy groups -OCH3 is 2. The maximum atomic E-state index is 13.1. The Kier molecular flexibility index (Phi) is 7.58. The molecule has 1 amide bonds. The van der Waals surface area contributed by atoms with Crippen LogP contribution in [0.1, 0.15) is 23.6 Å². The van der Waals surface area contributed by atoms with E-state index in [1.54, 1.807) is 49.6 Å². The van der Waals surface area contributed by atoms with Crippen LogP contribution in [0.5, 0.6) is 11.5 Å². The summed E-state index contributed by atoms with van der Waals surface area (Å²) >= 11 is 3.37. The van der Waals surface area contributed by atoms with Gasteiger partial charge >= 0.3 is 0 Å². The summed E-state index contributed by atoms with van der Waals surface area (Å²) in [7, 11) is 6.97. The zero-order chi connectivity index (χ0) is 23.4. The van der Waals surface area contributed by atoms with Crippen molar-refractivity contribution in [3.05, 3.63) is 63.6 Å². The molecule has 0 unspecified atom stereocenters. The summed E-state index contributed by atoms with van der Waals surface area (Å²) < 4.78 is 11.8. The number of carbonyl (C=O) groups is 2. The van der Waals surface area contributed by atoms with Gasteiger partial charge in [0.25, 0.3) is 11.7 Å². The van der Waals surface area contributed by atoms with Crippen molar-refractivity contribution in [2.24, 2.45) is 0 Å². The van der Waals surface area contributed by atoms with Crippen LogP contribution in [0.25, 0.3) is 5.76 Å². The number of aliphatic hydroxyl groups is 1. The second kappa shape index (κ2) is 10.2. The molecule has 3 rings (SSSR count). The van der Waals surface area contributed by atoms with E-state index in [1.807, 2.05) is 19.0 Å².